The van der Waals surface area contributed by atoms with Crippen LogP contribution in [-0.4, -0.2) is 47.1 Å². The highest BCUT2D eigenvalue weighted by molar-refractivity contribution is 8.26. The number of rotatable bonds is 5. The molecule has 0 saturated carbocycles. The highest BCUT2D eigenvalue weighted by Gasteiger charge is 2.42. The summed E-state index contributed by atoms with van der Waals surface area (Å²) in [5.41, 5.74) is 0.758. The third kappa shape index (κ3) is 5.57. The first-order valence-corrected chi connectivity index (χ1v) is 13.5. The Kier molecular flexibility index (Phi) is 6.97. The number of benzene rings is 1. The molecule has 0 N–H and O–H groups in total. The molecule has 9 heteroatoms. The van der Waals surface area contributed by atoms with Crippen molar-refractivity contribution in [3.63, 3.8) is 0 Å². The molecular weight excluding hydrogens is 466 g/mol. The van der Waals surface area contributed by atoms with Crippen molar-refractivity contribution in [1.82, 2.24) is 4.90 Å². The largest absolute Gasteiger partial charge is 0.423 e. The van der Waals surface area contributed by atoms with Crippen LogP contribution in [0.15, 0.2) is 53.5 Å². The number of allylic oxidation sites excluding steroid dienone is 3. The summed E-state index contributed by atoms with van der Waals surface area (Å²) in [4.78, 5) is 26.7. The van der Waals surface area contributed by atoms with Crippen LogP contribution in [0.3, 0.4) is 0 Å². The topological polar surface area (TPSA) is 80.8 Å². The van der Waals surface area contributed by atoms with Crippen LogP contribution in [-0.2, 0) is 19.4 Å². The summed E-state index contributed by atoms with van der Waals surface area (Å²) in [5, 5.41) is 0. The maximum absolute atomic E-state index is 12.8. The third-order valence-electron chi connectivity index (χ3n) is 5.61. The molecule has 1 aliphatic carbocycles. The summed E-state index contributed by atoms with van der Waals surface area (Å²) in [7, 11) is -3.11. The Bertz CT molecular complexity index is 1120. The van der Waals surface area contributed by atoms with E-state index in [0.717, 1.165) is 24.8 Å². The molecule has 0 unspecified atom stereocenters. The lowest BCUT2D eigenvalue weighted by Crippen LogP contribution is -2.39. The summed E-state index contributed by atoms with van der Waals surface area (Å²) in [6.07, 6.45) is 12.8. The number of thiocarbonyl (C=S) groups is 1. The molecular formula is C23H23NO5S3. The normalized spacial score (nSPS) is 26.4. The zero-order valence-corrected chi connectivity index (χ0v) is 19.8. The van der Waals surface area contributed by atoms with Crippen molar-refractivity contribution in [2.75, 3.05) is 11.5 Å². The van der Waals surface area contributed by atoms with Gasteiger partial charge in [0.05, 0.1) is 22.5 Å². The maximum Gasteiger partial charge on any atom is 0.335 e. The lowest BCUT2D eigenvalue weighted by Gasteiger charge is -2.20. The second kappa shape index (κ2) is 9.72. The van der Waals surface area contributed by atoms with Gasteiger partial charge >= 0.3 is 5.97 Å². The molecule has 2 fully saturated rings. The van der Waals surface area contributed by atoms with E-state index in [1.54, 1.807) is 30.3 Å². The van der Waals surface area contributed by atoms with E-state index in [2.05, 4.69) is 12.2 Å². The number of hydrogen-bond acceptors (Lipinski definition) is 7. The third-order valence-corrected chi connectivity index (χ3v) is 8.69. The zero-order valence-electron chi connectivity index (χ0n) is 17.3. The smallest absolute Gasteiger partial charge is 0.335 e. The van der Waals surface area contributed by atoms with E-state index in [0.29, 0.717) is 27.3 Å². The molecule has 0 radical (unpaired) electrons. The second-order valence-corrected chi connectivity index (χ2v) is 11.9. The van der Waals surface area contributed by atoms with Gasteiger partial charge in [-0.25, -0.2) is 13.2 Å². The van der Waals surface area contributed by atoms with E-state index in [9.17, 15) is 18.0 Å². The van der Waals surface area contributed by atoms with Crippen LogP contribution in [0.25, 0.3) is 6.08 Å². The number of sulfone groups is 1. The number of ether oxygens (including phenoxy) is 1. The number of amides is 1. The van der Waals surface area contributed by atoms with E-state index >= 15 is 0 Å². The molecule has 168 valence electrons. The van der Waals surface area contributed by atoms with Gasteiger partial charge in [0, 0.05) is 6.08 Å². The molecule has 4 rings (SSSR count). The van der Waals surface area contributed by atoms with E-state index < -0.39 is 21.8 Å². The lowest BCUT2D eigenvalue weighted by molar-refractivity contribution is -0.129. The Labute approximate surface area is 197 Å². The minimum absolute atomic E-state index is 0.0430. The Balaban J connectivity index is 1.37. The molecule has 2 saturated heterocycles. The van der Waals surface area contributed by atoms with Crippen molar-refractivity contribution in [3.8, 4) is 5.75 Å². The lowest BCUT2D eigenvalue weighted by atomic mass is 9.94. The maximum atomic E-state index is 12.8. The van der Waals surface area contributed by atoms with Gasteiger partial charge in [0.2, 0.25) is 0 Å². The molecule has 3 aliphatic rings. The SMILES string of the molecule is O=C(/C=C/[C@H]1CC=CCC1)Oc1ccc(/C=C2/SC(=S)N([C@H]3CCS(=O)(=O)C3)C2=O)cc1. The molecule has 2 aliphatic heterocycles. The molecule has 0 bridgehead atoms. The summed E-state index contributed by atoms with van der Waals surface area (Å²) in [5.74, 6) is 0.154. The number of carbonyl (C=O) groups excluding carboxylic acids is 2. The Morgan fingerprint density at radius 3 is 2.62 bits per heavy atom. The molecule has 6 nitrogen and oxygen atoms in total. The molecule has 1 amide bonds. The van der Waals surface area contributed by atoms with Crippen molar-refractivity contribution in [3.05, 3.63) is 59.0 Å². The molecule has 1 aromatic rings. The number of carbonyl (C=O) groups is 2. The monoisotopic (exact) mass is 489 g/mol. The molecule has 0 spiro atoms. The van der Waals surface area contributed by atoms with Crippen LogP contribution >= 0.6 is 24.0 Å². The van der Waals surface area contributed by atoms with Crippen LogP contribution in [0.2, 0.25) is 0 Å². The summed E-state index contributed by atoms with van der Waals surface area (Å²) >= 11 is 6.50. The fourth-order valence-electron chi connectivity index (χ4n) is 3.91. The average Bonchev–Trinajstić information content (AvgIpc) is 3.26. The summed E-state index contributed by atoms with van der Waals surface area (Å²) in [6.45, 7) is 0. The van der Waals surface area contributed by atoms with Gasteiger partial charge in [-0.1, -0.05) is 54.3 Å². The van der Waals surface area contributed by atoms with Gasteiger partial charge in [0.25, 0.3) is 5.91 Å². The first-order chi connectivity index (χ1) is 15.3. The fraction of sp³-hybridized carbons (Fsp3) is 0.348. The molecule has 0 aromatic heterocycles. The standard InChI is InChI=1S/C23H23NO5S3/c25-21(11-8-16-4-2-1-3-5-16)29-19-9-6-17(7-10-19)14-20-22(26)24(23(30)31-20)18-12-13-32(27,28)15-18/h1-2,6-11,14,16,18H,3-5,12-13,15H2/b11-8+,20-14+/t16-,18-/m0/s1. The first-order valence-electron chi connectivity index (χ1n) is 10.4. The average molecular weight is 490 g/mol. The quantitative estimate of drug-likeness (QED) is 0.204. The molecule has 1 aromatic carbocycles. The van der Waals surface area contributed by atoms with Gasteiger partial charge in [-0.3, -0.25) is 9.69 Å². The second-order valence-electron chi connectivity index (χ2n) is 8.00. The highest BCUT2D eigenvalue weighted by atomic mass is 32.2. The van der Waals surface area contributed by atoms with Gasteiger partial charge in [-0.05, 0) is 55.4 Å². The molecule has 32 heavy (non-hydrogen) atoms. The Hall–Kier alpha value is -2.23. The van der Waals surface area contributed by atoms with Crippen LogP contribution in [0.5, 0.6) is 5.75 Å². The van der Waals surface area contributed by atoms with E-state index in [4.69, 9.17) is 17.0 Å². The number of hydrogen-bond donors (Lipinski definition) is 0. The number of esters is 1. The first kappa shape index (κ1) is 22.9. The predicted molar refractivity (Wildman–Crippen MR) is 130 cm³/mol. The Morgan fingerprint density at radius 2 is 1.97 bits per heavy atom. The zero-order chi connectivity index (χ0) is 22.7. The van der Waals surface area contributed by atoms with Crippen LogP contribution in [0, 0.1) is 5.92 Å². The highest BCUT2D eigenvalue weighted by Crippen LogP contribution is 2.36. The van der Waals surface area contributed by atoms with Crippen molar-refractivity contribution >= 4 is 56.1 Å². The van der Waals surface area contributed by atoms with Crippen LogP contribution < -0.4 is 4.74 Å². The van der Waals surface area contributed by atoms with Crippen molar-refractivity contribution < 1.29 is 22.7 Å². The fourth-order valence-corrected chi connectivity index (χ4v) is 7.01. The summed E-state index contributed by atoms with van der Waals surface area (Å²) < 4.78 is 29.3. The molecule has 2 heterocycles. The van der Waals surface area contributed by atoms with E-state index in [1.807, 2.05) is 6.08 Å². The van der Waals surface area contributed by atoms with Gasteiger partial charge < -0.3 is 4.74 Å². The van der Waals surface area contributed by atoms with E-state index in [-0.39, 0.29) is 17.4 Å². The van der Waals surface area contributed by atoms with E-state index in [1.165, 1.54) is 22.7 Å². The minimum atomic E-state index is -3.11. The van der Waals surface area contributed by atoms with Crippen molar-refractivity contribution in [2.45, 2.75) is 31.7 Å². The van der Waals surface area contributed by atoms with Crippen LogP contribution in [0.1, 0.15) is 31.2 Å². The van der Waals surface area contributed by atoms with Gasteiger partial charge in [-0.15, -0.1) is 0 Å². The van der Waals surface area contributed by atoms with Gasteiger partial charge in [0.1, 0.15) is 10.1 Å². The summed E-state index contributed by atoms with van der Waals surface area (Å²) in [6, 6.07) is 6.46. The van der Waals surface area contributed by atoms with Crippen molar-refractivity contribution in [2.24, 2.45) is 5.92 Å². The van der Waals surface area contributed by atoms with Gasteiger partial charge in [0.15, 0.2) is 9.84 Å². The van der Waals surface area contributed by atoms with Crippen LogP contribution in [0.4, 0.5) is 0 Å². The predicted octanol–water partition coefficient (Wildman–Crippen LogP) is 3.89. The number of thioether (sulfide) groups is 1. The van der Waals surface area contributed by atoms with Gasteiger partial charge in [-0.2, -0.15) is 0 Å². The Morgan fingerprint density at radius 1 is 1.19 bits per heavy atom. The molecule has 2 atom stereocenters. The number of nitrogens with zero attached hydrogens (tertiary/aromatic N) is 1. The minimum Gasteiger partial charge on any atom is -0.423 e. The van der Waals surface area contributed by atoms with Crippen molar-refractivity contribution in [1.29, 1.82) is 0 Å².